The lowest BCUT2D eigenvalue weighted by Gasteiger charge is -2.37. The van der Waals surface area contributed by atoms with Crippen LogP contribution in [0.25, 0.3) is 0 Å². The number of alkyl halides is 1. The fourth-order valence-electron chi connectivity index (χ4n) is 2.69. The van der Waals surface area contributed by atoms with Gasteiger partial charge in [0.25, 0.3) is 0 Å². The molecule has 1 aliphatic carbocycles. The molecule has 2 rings (SSSR count). The molecule has 1 heterocycles. The summed E-state index contributed by atoms with van der Waals surface area (Å²) in [5.41, 5.74) is 0. The Morgan fingerprint density at radius 2 is 1.73 bits per heavy atom. The first-order chi connectivity index (χ1) is 7.31. The van der Waals surface area contributed by atoms with E-state index in [0.29, 0.717) is 0 Å². The minimum atomic E-state index is 0.0859. The Kier molecular flexibility index (Phi) is 3.87. The van der Waals surface area contributed by atoms with Gasteiger partial charge in [-0.3, -0.25) is 9.69 Å². The number of hydrogen-bond donors (Lipinski definition) is 0. The first-order valence-electron chi connectivity index (χ1n) is 5.89. The maximum absolute atomic E-state index is 11.4. The van der Waals surface area contributed by atoms with Crippen molar-refractivity contribution in [1.29, 1.82) is 0 Å². The predicted molar refractivity (Wildman–Crippen MR) is 61.1 cm³/mol. The highest BCUT2D eigenvalue weighted by Gasteiger charge is 2.27. The fraction of sp³-hybridized carbons (Fsp3) is 0.909. The number of hydrogen-bond acceptors (Lipinski definition) is 2. The molecule has 0 bridgehead atoms. The summed E-state index contributed by atoms with van der Waals surface area (Å²) in [5.74, 6) is 0.214. The standard InChI is InChI=1S/C11H19ClN2O/c12-9-11(15)14-7-5-13(6-8-14)10-3-1-2-4-10/h10H,1-9H2. The number of rotatable bonds is 2. The number of halogens is 1. The van der Waals surface area contributed by atoms with Crippen LogP contribution in [0.15, 0.2) is 0 Å². The van der Waals surface area contributed by atoms with E-state index in [4.69, 9.17) is 11.6 Å². The molecule has 0 atom stereocenters. The molecule has 0 spiro atoms. The molecule has 0 radical (unpaired) electrons. The molecule has 0 aromatic heterocycles. The van der Waals surface area contributed by atoms with Crippen molar-refractivity contribution in [2.24, 2.45) is 0 Å². The van der Waals surface area contributed by atoms with Gasteiger partial charge in [0.15, 0.2) is 0 Å². The molecule has 3 nitrogen and oxygen atoms in total. The smallest absolute Gasteiger partial charge is 0.237 e. The van der Waals surface area contributed by atoms with E-state index in [1.807, 2.05) is 4.90 Å². The summed E-state index contributed by atoms with van der Waals surface area (Å²) in [6, 6.07) is 0.790. The third-order valence-electron chi connectivity index (χ3n) is 3.62. The van der Waals surface area contributed by atoms with Crippen molar-refractivity contribution in [3.05, 3.63) is 0 Å². The molecular formula is C11H19ClN2O. The highest BCUT2D eigenvalue weighted by Crippen LogP contribution is 2.24. The van der Waals surface area contributed by atoms with Crippen LogP contribution in [0.2, 0.25) is 0 Å². The van der Waals surface area contributed by atoms with Crippen molar-refractivity contribution in [3.8, 4) is 0 Å². The van der Waals surface area contributed by atoms with E-state index in [9.17, 15) is 4.79 Å². The molecule has 86 valence electrons. The Balaban J connectivity index is 1.78. The summed E-state index contributed by atoms with van der Waals surface area (Å²) in [6.45, 7) is 3.80. The van der Waals surface area contributed by atoms with Gasteiger partial charge in [0.2, 0.25) is 5.91 Å². The van der Waals surface area contributed by atoms with Gasteiger partial charge in [-0.05, 0) is 12.8 Å². The SMILES string of the molecule is O=C(CCl)N1CCN(C2CCCC2)CC1. The second-order valence-electron chi connectivity index (χ2n) is 4.49. The van der Waals surface area contributed by atoms with Crippen molar-refractivity contribution < 1.29 is 4.79 Å². The van der Waals surface area contributed by atoms with Gasteiger partial charge in [-0.25, -0.2) is 0 Å². The number of carbonyl (C=O) groups excluding carboxylic acids is 1. The zero-order chi connectivity index (χ0) is 10.7. The monoisotopic (exact) mass is 230 g/mol. The molecule has 1 amide bonds. The lowest BCUT2D eigenvalue weighted by molar-refractivity contribution is -0.130. The second-order valence-corrected chi connectivity index (χ2v) is 4.76. The summed E-state index contributed by atoms with van der Waals surface area (Å²) < 4.78 is 0. The first kappa shape index (κ1) is 11.2. The van der Waals surface area contributed by atoms with Crippen molar-refractivity contribution in [2.45, 2.75) is 31.7 Å². The van der Waals surface area contributed by atoms with Crippen LogP contribution in [0, 0.1) is 0 Å². The second kappa shape index (κ2) is 5.17. The summed E-state index contributed by atoms with van der Waals surface area (Å²) in [4.78, 5) is 15.8. The Hall–Kier alpha value is -0.280. The lowest BCUT2D eigenvalue weighted by Crippen LogP contribution is -2.51. The topological polar surface area (TPSA) is 23.6 Å². The van der Waals surface area contributed by atoms with E-state index in [1.165, 1.54) is 25.7 Å². The third kappa shape index (κ3) is 2.64. The first-order valence-corrected chi connectivity index (χ1v) is 6.42. The zero-order valence-electron chi connectivity index (χ0n) is 9.12. The van der Waals surface area contributed by atoms with Crippen molar-refractivity contribution in [3.63, 3.8) is 0 Å². The molecule has 0 N–H and O–H groups in total. The van der Waals surface area contributed by atoms with Crippen LogP contribution >= 0.6 is 11.6 Å². The van der Waals surface area contributed by atoms with Crippen LogP contribution in [-0.2, 0) is 4.79 Å². The number of nitrogens with zero attached hydrogens (tertiary/aromatic N) is 2. The summed E-state index contributed by atoms with van der Waals surface area (Å²) in [6.07, 6.45) is 5.46. The molecule has 15 heavy (non-hydrogen) atoms. The van der Waals surface area contributed by atoms with Crippen LogP contribution < -0.4 is 0 Å². The van der Waals surface area contributed by atoms with Gasteiger partial charge in [0.05, 0.1) is 0 Å². The van der Waals surface area contributed by atoms with Crippen molar-refractivity contribution in [1.82, 2.24) is 9.80 Å². The van der Waals surface area contributed by atoms with E-state index >= 15 is 0 Å². The highest BCUT2D eigenvalue weighted by molar-refractivity contribution is 6.27. The minimum Gasteiger partial charge on any atom is -0.339 e. The third-order valence-corrected chi connectivity index (χ3v) is 3.85. The predicted octanol–water partition coefficient (Wildman–Crippen LogP) is 1.31. The van der Waals surface area contributed by atoms with Gasteiger partial charge < -0.3 is 4.90 Å². The average molecular weight is 231 g/mol. The molecule has 0 unspecified atom stereocenters. The molecule has 1 saturated heterocycles. The number of amides is 1. The van der Waals surface area contributed by atoms with Gasteiger partial charge in [0, 0.05) is 32.2 Å². The van der Waals surface area contributed by atoms with Gasteiger partial charge >= 0.3 is 0 Å². The van der Waals surface area contributed by atoms with E-state index < -0.39 is 0 Å². The summed E-state index contributed by atoms with van der Waals surface area (Å²) >= 11 is 5.54. The van der Waals surface area contributed by atoms with Gasteiger partial charge in [-0.15, -0.1) is 11.6 Å². The Morgan fingerprint density at radius 3 is 2.27 bits per heavy atom. The van der Waals surface area contributed by atoms with Gasteiger partial charge in [-0.1, -0.05) is 12.8 Å². The van der Waals surface area contributed by atoms with Crippen LogP contribution in [0.1, 0.15) is 25.7 Å². The largest absolute Gasteiger partial charge is 0.339 e. The Labute approximate surface area is 96.4 Å². The van der Waals surface area contributed by atoms with Crippen LogP contribution in [0.3, 0.4) is 0 Å². The molecule has 0 aromatic carbocycles. The summed E-state index contributed by atoms with van der Waals surface area (Å²) in [7, 11) is 0. The number of piperazine rings is 1. The number of carbonyl (C=O) groups is 1. The maximum atomic E-state index is 11.4. The molecule has 0 aromatic rings. The van der Waals surface area contributed by atoms with Crippen molar-refractivity contribution >= 4 is 17.5 Å². The quantitative estimate of drug-likeness (QED) is 0.668. The fourth-order valence-corrected chi connectivity index (χ4v) is 2.86. The van der Waals surface area contributed by atoms with E-state index in [1.54, 1.807) is 0 Å². The molecule has 2 aliphatic rings. The zero-order valence-corrected chi connectivity index (χ0v) is 9.88. The Morgan fingerprint density at radius 1 is 1.13 bits per heavy atom. The molecule has 1 saturated carbocycles. The van der Waals surface area contributed by atoms with E-state index in [-0.39, 0.29) is 11.8 Å². The molecular weight excluding hydrogens is 212 g/mol. The Bertz CT molecular complexity index is 221. The van der Waals surface area contributed by atoms with Gasteiger partial charge in [-0.2, -0.15) is 0 Å². The van der Waals surface area contributed by atoms with Crippen molar-refractivity contribution in [2.75, 3.05) is 32.1 Å². The maximum Gasteiger partial charge on any atom is 0.237 e. The van der Waals surface area contributed by atoms with Crippen LogP contribution in [-0.4, -0.2) is 53.8 Å². The molecule has 2 fully saturated rings. The lowest BCUT2D eigenvalue weighted by atomic mass is 10.2. The molecule has 1 aliphatic heterocycles. The highest BCUT2D eigenvalue weighted by atomic mass is 35.5. The van der Waals surface area contributed by atoms with Gasteiger partial charge in [0.1, 0.15) is 5.88 Å². The molecule has 4 heteroatoms. The normalized spacial score (nSPS) is 24.7. The van der Waals surface area contributed by atoms with E-state index in [0.717, 1.165) is 32.2 Å². The van der Waals surface area contributed by atoms with Crippen LogP contribution in [0.4, 0.5) is 0 Å². The van der Waals surface area contributed by atoms with Crippen LogP contribution in [0.5, 0.6) is 0 Å². The summed E-state index contributed by atoms with van der Waals surface area (Å²) in [5, 5.41) is 0. The van der Waals surface area contributed by atoms with E-state index in [2.05, 4.69) is 4.90 Å². The minimum absolute atomic E-state index is 0.0859. The average Bonchev–Trinajstić information content (AvgIpc) is 2.82.